The number of hydrogen-bond acceptors (Lipinski definition) is 4. The Balaban J connectivity index is 1.25. The summed E-state index contributed by atoms with van der Waals surface area (Å²) in [5.41, 5.74) is 6.90. The fraction of sp³-hybridized carbons (Fsp3) is 0.0377. The van der Waals surface area contributed by atoms with E-state index in [9.17, 15) is 13.2 Å². The van der Waals surface area contributed by atoms with Crippen LogP contribution in [-0.4, -0.2) is 58.8 Å². The van der Waals surface area contributed by atoms with Gasteiger partial charge in [-0.1, -0.05) is 132 Å². The minimum absolute atomic E-state index is 0.130. The van der Waals surface area contributed by atoms with Crippen molar-refractivity contribution in [1.29, 1.82) is 0 Å². The second-order valence-electron chi connectivity index (χ2n) is 16.1. The highest BCUT2D eigenvalue weighted by atomic mass is 32.1. The second-order valence-corrected chi connectivity index (χ2v) is 17.1. The molecule has 1 aliphatic carbocycles. The van der Waals surface area contributed by atoms with Crippen molar-refractivity contribution in [3.05, 3.63) is 162 Å². The normalized spacial score (nSPS) is 12.6. The van der Waals surface area contributed by atoms with Crippen molar-refractivity contribution in [2.24, 2.45) is 0 Å². The molecule has 0 saturated carbocycles. The molecule has 1 aliphatic rings. The molecule has 7 aromatic carbocycles. The number of fused-ring (bicyclic) bond motifs is 6. The Morgan fingerprint density at radius 1 is 0.530 bits per heavy atom. The van der Waals surface area contributed by atoms with Gasteiger partial charge in [0.2, 0.25) is 0 Å². The second kappa shape index (κ2) is 16.1. The lowest BCUT2D eigenvalue weighted by Crippen LogP contribution is -2.55. The van der Waals surface area contributed by atoms with Crippen LogP contribution in [0.25, 0.3) is 105 Å². The topological polar surface area (TPSA) is 43.6 Å². The number of aromatic nitrogens is 4. The molecule has 0 atom stereocenters. The van der Waals surface area contributed by atoms with Crippen LogP contribution < -0.4 is 37.9 Å². The Hall–Kier alpha value is -7.10. The van der Waals surface area contributed by atoms with Gasteiger partial charge in [0.1, 0.15) is 39.2 Å². The van der Waals surface area contributed by atoms with Crippen molar-refractivity contribution in [1.82, 2.24) is 19.5 Å². The lowest BCUT2D eigenvalue weighted by molar-refractivity contribution is -0.137. The minimum Gasteiger partial charge on any atom is -0.309 e. The summed E-state index contributed by atoms with van der Waals surface area (Å²) in [5, 5.41) is 4.78. The maximum atomic E-state index is 13.6. The molecule has 0 saturated heterocycles. The number of allylic oxidation sites excluding steroid dienone is 2. The van der Waals surface area contributed by atoms with E-state index in [1.165, 1.54) is 12.1 Å². The Bertz CT molecular complexity index is 3690. The van der Waals surface area contributed by atoms with E-state index >= 15 is 0 Å². The first-order valence-electron chi connectivity index (χ1n) is 21.0. The zero-order valence-corrected chi connectivity index (χ0v) is 35.8. The van der Waals surface area contributed by atoms with Gasteiger partial charge in [-0.25, -0.2) is 15.0 Å². The van der Waals surface area contributed by atoms with E-state index in [0.717, 1.165) is 87.3 Å². The predicted octanol–water partition coefficient (Wildman–Crippen LogP) is 7.03. The van der Waals surface area contributed by atoms with Crippen molar-refractivity contribution in [3.63, 3.8) is 0 Å². The summed E-state index contributed by atoms with van der Waals surface area (Å²) in [7, 11) is 32.5. The molecule has 0 amide bonds. The first-order valence-corrected chi connectivity index (χ1v) is 21.8. The van der Waals surface area contributed by atoms with Gasteiger partial charge < -0.3 is 4.57 Å². The smallest absolute Gasteiger partial charge is 0.309 e. The number of nitrogens with zero attached hydrogens (tertiary/aromatic N) is 4. The maximum absolute atomic E-state index is 13.6. The van der Waals surface area contributed by atoms with E-state index in [2.05, 4.69) is 41.0 Å². The van der Waals surface area contributed by atoms with Crippen molar-refractivity contribution in [2.45, 2.75) is 12.6 Å². The minimum atomic E-state index is -4.45. The molecule has 0 bridgehead atoms. The molecular formula is C53H28B5F3N4S. The third-order valence-corrected chi connectivity index (χ3v) is 13.5. The van der Waals surface area contributed by atoms with Crippen molar-refractivity contribution in [3.8, 4) is 62.1 Å². The summed E-state index contributed by atoms with van der Waals surface area (Å²) in [4.78, 5) is 15.4. The van der Waals surface area contributed by atoms with E-state index < -0.39 is 11.7 Å². The zero-order valence-electron chi connectivity index (χ0n) is 34.9. The summed E-state index contributed by atoms with van der Waals surface area (Å²) in [6.45, 7) is 0. The highest BCUT2D eigenvalue weighted by Gasteiger charge is 2.30. The summed E-state index contributed by atoms with van der Waals surface area (Å²) in [6, 6.07) is 41.1. The SMILES string of the molecule is [B]c1c([B])c([B])c(-c2cccc3c2sc2c(-c4nc(-c5ccccc5)nc(-c5ccccc5)n4)cc(-n4c5c(c6ccc(-c7ccc(C(F)(F)F)cc7)cc64)=CCC=CC=5)cc23)c([B])c1[B]. The third-order valence-electron chi connectivity index (χ3n) is 12.2. The lowest BCUT2D eigenvalue weighted by atomic mass is 9.59. The van der Waals surface area contributed by atoms with Crippen LogP contribution in [0.5, 0.6) is 0 Å². The van der Waals surface area contributed by atoms with Gasteiger partial charge in [-0.15, -0.1) is 27.7 Å². The van der Waals surface area contributed by atoms with Gasteiger partial charge in [0.15, 0.2) is 17.5 Å². The van der Waals surface area contributed by atoms with Gasteiger partial charge >= 0.3 is 6.18 Å². The van der Waals surface area contributed by atoms with Crippen molar-refractivity contribution in [2.75, 3.05) is 0 Å². The third kappa shape index (κ3) is 6.96. The number of halogens is 3. The molecule has 0 N–H and O–H groups in total. The molecule has 3 heterocycles. The molecule has 0 aliphatic heterocycles. The molecule has 0 fully saturated rings. The number of thiophene rings is 1. The summed E-state index contributed by atoms with van der Waals surface area (Å²) in [6.07, 6.45) is 4.70. The highest BCUT2D eigenvalue weighted by molar-refractivity contribution is 7.27. The van der Waals surface area contributed by atoms with E-state index in [1.807, 2.05) is 97.1 Å². The van der Waals surface area contributed by atoms with Crippen LogP contribution in [0.15, 0.2) is 146 Å². The molecule has 10 aromatic rings. The van der Waals surface area contributed by atoms with Crippen LogP contribution in [0.1, 0.15) is 12.0 Å². The molecule has 3 aromatic heterocycles. The first kappa shape index (κ1) is 41.6. The Morgan fingerprint density at radius 2 is 1.14 bits per heavy atom. The largest absolute Gasteiger partial charge is 0.416 e. The van der Waals surface area contributed by atoms with Crippen LogP contribution in [0, 0.1) is 0 Å². The van der Waals surface area contributed by atoms with Crippen LogP contribution in [0.2, 0.25) is 0 Å². The van der Waals surface area contributed by atoms with Gasteiger partial charge in [0, 0.05) is 53.2 Å². The van der Waals surface area contributed by atoms with Crippen LogP contribution in [0.4, 0.5) is 13.2 Å². The molecule has 302 valence electrons. The molecule has 13 heteroatoms. The average Bonchev–Trinajstić information content (AvgIpc) is 3.76. The summed E-state index contributed by atoms with van der Waals surface area (Å²) < 4.78 is 44.9. The molecule has 0 spiro atoms. The van der Waals surface area contributed by atoms with Crippen LogP contribution >= 0.6 is 11.3 Å². The number of benzene rings is 7. The fourth-order valence-electron chi connectivity index (χ4n) is 8.89. The van der Waals surface area contributed by atoms with Crippen LogP contribution in [-0.2, 0) is 6.18 Å². The standard InChI is InChI=1S/C53H28B5F3N4S/c54-43-42(44(55)46(57)47(58)45(43)56)37-17-10-16-36-38-26-33(65-40-18-9-3-8-15-34(40)35-24-21-31(25-41(35)65)28-19-22-32(23-20-28)53(59,60)61)27-39(49(38)66-48(36)37)52-63-50(29-11-4-1-5-12-29)62-51(64-52)30-13-6-2-7-14-30/h1-7,9-27H,8H2. The van der Waals surface area contributed by atoms with Crippen molar-refractivity contribution < 1.29 is 13.2 Å². The molecule has 0 unspecified atom stereocenters. The van der Waals surface area contributed by atoms with E-state index in [4.69, 9.17) is 54.2 Å². The highest BCUT2D eigenvalue weighted by Crippen LogP contribution is 2.44. The van der Waals surface area contributed by atoms with E-state index in [0.29, 0.717) is 35.0 Å². The van der Waals surface area contributed by atoms with E-state index in [1.54, 1.807) is 11.3 Å². The Kier molecular flexibility index (Phi) is 10.1. The van der Waals surface area contributed by atoms with Crippen molar-refractivity contribution >= 4 is 121 Å². The van der Waals surface area contributed by atoms with Gasteiger partial charge in [-0.3, -0.25) is 0 Å². The first-order chi connectivity index (χ1) is 31.9. The van der Waals surface area contributed by atoms with Gasteiger partial charge in [-0.2, -0.15) is 13.2 Å². The monoisotopic (exact) mass is 864 g/mol. The molecule has 11 rings (SSSR count). The van der Waals surface area contributed by atoms with Gasteiger partial charge in [0.05, 0.1) is 16.4 Å². The van der Waals surface area contributed by atoms with Gasteiger partial charge in [-0.05, 0) is 65.1 Å². The lowest BCUT2D eigenvalue weighted by Gasteiger charge is -2.21. The fourth-order valence-corrected chi connectivity index (χ4v) is 10.2. The summed E-state index contributed by atoms with van der Waals surface area (Å²) >= 11 is 1.55. The Morgan fingerprint density at radius 3 is 1.79 bits per heavy atom. The quantitative estimate of drug-likeness (QED) is 0.169. The zero-order chi connectivity index (χ0) is 45.4. The van der Waals surface area contributed by atoms with E-state index in [-0.39, 0.29) is 27.3 Å². The predicted molar refractivity (Wildman–Crippen MR) is 271 cm³/mol. The average molecular weight is 864 g/mol. The van der Waals surface area contributed by atoms with Crippen LogP contribution in [0.3, 0.4) is 0 Å². The molecule has 66 heavy (non-hydrogen) atoms. The number of hydrogen-bond donors (Lipinski definition) is 0. The number of rotatable bonds is 6. The summed E-state index contributed by atoms with van der Waals surface area (Å²) in [5.74, 6) is 1.46. The number of alkyl halides is 3. The Labute approximate surface area is 388 Å². The molecule has 10 radical (unpaired) electrons. The van der Waals surface area contributed by atoms with Gasteiger partial charge in [0.25, 0.3) is 0 Å². The molecule has 4 nitrogen and oxygen atoms in total. The molecular weight excluding hydrogens is 836 g/mol. The maximum Gasteiger partial charge on any atom is 0.416 e.